The molecule has 1 aromatic carbocycles. The van der Waals surface area contributed by atoms with Crippen molar-refractivity contribution < 1.29 is 5.11 Å². The van der Waals surface area contributed by atoms with E-state index in [9.17, 15) is 0 Å². The van der Waals surface area contributed by atoms with Gasteiger partial charge >= 0.3 is 0 Å². The lowest BCUT2D eigenvalue weighted by Crippen LogP contribution is -2.13. The lowest BCUT2D eigenvalue weighted by molar-refractivity contribution is 0.276. The number of aliphatic hydroxyl groups excluding tert-OH is 1. The number of hydrogen-bond acceptors (Lipinski definition) is 3. The Morgan fingerprint density at radius 1 is 1.43 bits per heavy atom. The topological polar surface area (TPSA) is 70.0 Å². The average Bonchev–Trinajstić information content (AvgIpc) is 2.19. The van der Waals surface area contributed by atoms with Crippen molar-refractivity contribution in [1.29, 1.82) is 5.26 Å². The van der Waals surface area contributed by atoms with Crippen LogP contribution in [0.25, 0.3) is 0 Å². The van der Waals surface area contributed by atoms with Crippen LogP contribution < -0.4 is 5.73 Å². The predicted molar refractivity (Wildman–Crippen MR) is 54.4 cm³/mol. The maximum atomic E-state index is 8.77. The van der Waals surface area contributed by atoms with E-state index in [1.54, 1.807) is 0 Å². The molecule has 0 amide bonds. The molecular formula is C11H14N2O. The molecule has 0 heterocycles. The first-order valence-electron chi connectivity index (χ1n) is 4.60. The maximum absolute atomic E-state index is 8.77. The van der Waals surface area contributed by atoms with Crippen molar-refractivity contribution in [2.45, 2.75) is 18.9 Å². The average molecular weight is 190 g/mol. The van der Waals surface area contributed by atoms with Crippen molar-refractivity contribution in [1.82, 2.24) is 0 Å². The van der Waals surface area contributed by atoms with E-state index in [1.165, 1.54) is 0 Å². The first-order chi connectivity index (χ1) is 6.79. The highest BCUT2D eigenvalue weighted by atomic mass is 16.3. The van der Waals surface area contributed by atoms with Gasteiger partial charge in [-0.25, -0.2) is 0 Å². The first-order valence-corrected chi connectivity index (χ1v) is 4.60. The molecule has 3 N–H and O–H groups in total. The van der Waals surface area contributed by atoms with E-state index < -0.39 is 0 Å². The normalized spacial score (nSPS) is 12.1. The molecule has 3 heteroatoms. The molecule has 0 aliphatic heterocycles. The number of benzene rings is 1. The fourth-order valence-electron chi connectivity index (χ4n) is 1.44. The van der Waals surface area contributed by atoms with Gasteiger partial charge in [-0.1, -0.05) is 24.3 Å². The number of nitrogens with zero attached hydrogens (tertiary/aromatic N) is 1. The zero-order valence-electron chi connectivity index (χ0n) is 7.98. The highest BCUT2D eigenvalue weighted by molar-refractivity contribution is 5.31. The smallest absolute Gasteiger partial charge is 0.0669 e. The standard InChI is InChI=1S/C11H14N2O/c12-7-5-9-3-1-2-4-10(9)11(13)6-8-14/h1-4,11,14H,5-6,8,13H2/t11-/m1/s1. The summed E-state index contributed by atoms with van der Waals surface area (Å²) in [6.45, 7) is 0.0715. The molecule has 1 atom stereocenters. The van der Waals surface area contributed by atoms with E-state index in [-0.39, 0.29) is 12.6 Å². The third-order valence-electron chi connectivity index (χ3n) is 2.16. The number of aliphatic hydroxyl groups is 1. The minimum atomic E-state index is -0.176. The monoisotopic (exact) mass is 190 g/mol. The lowest BCUT2D eigenvalue weighted by atomic mass is 9.97. The Hall–Kier alpha value is -1.37. The second kappa shape index (κ2) is 5.38. The summed E-state index contributed by atoms with van der Waals surface area (Å²) in [7, 11) is 0. The van der Waals surface area contributed by atoms with Crippen LogP contribution in [-0.4, -0.2) is 11.7 Å². The van der Waals surface area contributed by atoms with E-state index in [0.717, 1.165) is 11.1 Å². The summed E-state index contributed by atoms with van der Waals surface area (Å²) in [6.07, 6.45) is 0.901. The highest BCUT2D eigenvalue weighted by Gasteiger charge is 2.09. The van der Waals surface area contributed by atoms with E-state index in [2.05, 4.69) is 6.07 Å². The molecule has 1 aromatic rings. The number of nitrogens with two attached hydrogens (primary N) is 1. The molecular weight excluding hydrogens is 176 g/mol. The summed E-state index contributed by atoms with van der Waals surface area (Å²) in [5.74, 6) is 0. The van der Waals surface area contributed by atoms with Crippen LogP contribution in [0.5, 0.6) is 0 Å². The molecule has 0 saturated carbocycles. The maximum Gasteiger partial charge on any atom is 0.0669 e. The van der Waals surface area contributed by atoms with Crippen molar-refractivity contribution in [3.8, 4) is 6.07 Å². The van der Waals surface area contributed by atoms with Gasteiger partial charge in [-0.3, -0.25) is 0 Å². The zero-order valence-corrected chi connectivity index (χ0v) is 7.98. The van der Waals surface area contributed by atoms with Crippen LogP contribution in [0.15, 0.2) is 24.3 Å². The van der Waals surface area contributed by atoms with Gasteiger partial charge in [0.15, 0.2) is 0 Å². The second-order valence-electron chi connectivity index (χ2n) is 3.15. The van der Waals surface area contributed by atoms with Gasteiger partial charge in [0.05, 0.1) is 12.5 Å². The van der Waals surface area contributed by atoms with Crippen molar-refractivity contribution >= 4 is 0 Å². The summed E-state index contributed by atoms with van der Waals surface area (Å²) >= 11 is 0. The Labute approximate surface area is 83.8 Å². The Balaban J connectivity index is 2.89. The van der Waals surface area contributed by atoms with Crippen molar-refractivity contribution in [3.63, 3.8) is 0 Å². The SMILES string of the molecule is N#CCc1ccccc1[C@H](N)CCO. The van der Waals surface area contributed by atoms with Gasteiger partial charge < -0.3 is 10.8 Å². The van der Waals surface area contributed by atoms with Crippen LogP contribution in [0.2, 0.25) is 0 Å². The van der Waals surface area contributed by atoms with Gasteiger partial charge in [-0.2, -0.15) is 5.26 Å². The highest BCUT2D eigenvalue weighted by Crippen LogP contribution is 2.18. The van der Waals surface area contributed by atoms with Crippen molar-refractivity contribution in [2.75, 3.05) is 6.61 Å². The van der Waals surface area contributed by atoms with Crippen LogP contribution >= 0.6 is 0 Å². The van der Waals surface area contributed by atoms with Crippen LogP contribution in [0.1, 0.15) is 23.6 Å². The minimum Gasteiger partial charge on any atom is -0.396 e. The predicted octanol–water partition coefficient (Wildman–Crippen LogP) is 1.13. The number of hydrogen-bond donors (Lipinski definition) is 2. The van der Waals surface area contributed by atoms with Gasteiger partial charge in [0, 0.05) is 12.6 Å². The molecule has 74 valence electrons. The van der Waals surface area contributed by atoms with Gasteiger partial charge in [-0.15, -0.1) is 0 Å². The third kappa shape index (κ3) is 2.56. The third-order valence-corrected chi connectivity index (χ3v) is 2.16. The molecule has 0 aromatic heterocycles. The molecule has 0 radical (unpaired) electrons. The van der Waals surface area contributed by atoms with E-state index >= 15 is 0 Å². The molecule has 0 saturated heterocycles. The Bertz CT molecular complexity index is 330. The van der Waals surface area contributed by atoms with Gasteiger partial charge in [0.25, 0.3) is 0 Å². The molecule has 0 spiro atoms. The molecule has 0 unspecified atom stereocenters. The van der Waals surface area contributed by atoms with Crippen LogP contribution in [0.3, 0.4) is 0 Å². The van der Waals surface area contributed by atoms with Gasteiger partial charge in [0.1, 0.15) is 0 Å². The largest absolute Gasteiger partial charge is 0.396 e. The molecule has 14 heavy (non-hydrogen) atoms. The van der Waals surface area contributed by atoms with Crippen molar-refractivity contribution in [2.24, 2.45) is 5.73 Å². The first kappa shape index (κ1) is 10.7. The van der Waals surface area contributed by atoms with Crippen LogP contribution in [0, 0.1) is 11.3 Å². The van der Waals surface area contributed by atoms with Crippen LogP contribution in [0.4, 0.5) is 0 Å². The molecule has 0 fully saturated rings. The van der Waals surface area contributed by atoms with E-state index in [1.807, 2.05) is 24.3 Å². The second-order valence-corrected chi connectivity index (χ2v) is 3.15. The lowest BCUT2D eigenvalue weighted by Gasteiger charge is -2.13. The fourth-order valence-corrected chi connectivity index (χ4v) is 1.44. The summed E-state index contributed by atoms with van der Waals surface area (Å²) in [5, 5.41) is 17.4. The summed E-state index contributed by atoms with van der Waals surface area (Å²) in [4.78, 5) is 0. The number of rotatable bonds is 4. The molecule has 1 rings (SSSR count). The minimum absolute atomic E-state index is 0.0715. The van der Waals surface area contributed by atoms with Gasteiger partial charge in [-0.05, 0) is 17.5 Å². The summed E-state index contributed by atoms with van der Waals surface area (Å²) in [6, 6.07) is 9.52. The zero-order chi connectivity index (χ0) is 10.4. The van der Waals surface area contributed by atoms with E-state index in [0.29, 0.717) is 12.8 Å². The molecule has 0 bridgehead atoms. The number of nitriles is 1. The van der Waals surface area contributed by atoms with Crippen molar-refractivity contribution in [3.05, 3.63) is 35.4 Å². The Kier molecular flexibility index (Phi) is 4.11. The van der Waals surface area contributed by atoms with Gasteiger partial charge in [0.2, 0.25) is 0 Å². The Morgan fingerprint density at radius 3 is 2.79 bits per heavy atom. The fraction of sp³-hybridized carbons (Fsp3) is 0.364. The van der Waals surface area contributed by atoms with Crippen LogP contribution in [-0.2, 0) is 6.42 Å². The summed E-state index contributed by atoms with van der Waals surface area (Å²) < 4.78 is 0. The Morgan fingerprint density at radius 2 is 2.14 bits per heavy atom. The molecule has 0 aliphatic carbocycles. The van der Waals surface area contributed by atoms with E-state index in [4.69, 9.17) is 16.1 Å². The quantitative estimate of drug-likeness (QED) is 0.747. The molecule has 3 nitrogen and oxygen atoms in total. The summed E-state index contributed by atoms with van der Waals surface area (Å²) in [5.41, 5.74) is 7.78. The molecule has 0 aliphatic rings.